The van der Waals surface area contributed by atoms with E-state index in [1.807, 2.05) is 0 Å². The number of phenolic OH excluding ortho intramolecular Hbond substituents is 1. The van der Waals surface area contributed by atoms with Gasteiger partial charge < -0.3 is 84.2 Å². The lowest BCUT2D eigenvalue weighted by atomic mass is 9.89. The number of H-pyrrole nitrogens is 1. The van der Waals surface area contributed by atoms with Crippen LogP contribution < -0.4 is 54.0 Å². The second-order valence-corrected chi connectivity index (χ2v) is 21.8. The van der Waals surface area contributed by atoms with Crippen molar-refractivity contribution in [2.45, 2.75) is 145 Å². The lowest BCUT2D eigenvalue weighted by Gasteiger charge is -2.30. The van der Waals surface area contributed by atoms with Crippen LogP contribution in [-0.2, 0) is 74.8 Å². The summed E-state index contributed by atoms with van der Waals surface area (Å²) in [6.45, 7) is 3.25. The highest BCUT2D eigenvalue weighted by atomic mass is 32.2. The lowest BCUT2D eigenvalue weighted by molar-refractivity contribution is -0.171. The van der Waals surface area contributed by atoms with Gasteiger partial charge in [-0.3, -0.25) is 56.9 Å². The summed E-state index contributed by atoms with van der Waals surface area (Å²) in [5.74, 6) is -14.0. The fraction of sp³-hybridized carbons (Fsp3) is 0.569. The van der Waals surface area contributed by atoms with Gasteiger partial charge in [-0.2, -0.15) is 0 Å². The van der Waals surface area contributed by atoms with E-state index in [4.69, 9.17) is 16.3 Å². The summed E-state index contributed by atoms with van der Waals surface area (Å²) >= 11 is 0. The smallest absolute Gasteiger partial charge is 0.432 e. The van der Waals surface area contributed by atoms with Gasteiger partial charge in [0.15, 0.2) is 5.78 Å². The number of aromatic amines is 1. The van der Waals surface area contributed by atoms with Gasteiger partial charge in [0, 0.05) is 49.6 Å². The van der Waals surface area contributed by atoms with Gasteiger partial charge >= 0.3 is 6.09 Å². The van der Waals surface area contributed by atoms with Gasteiger partial charge in [-0.1, -0.05) is 33.6 Å². The Morgan fingerprint density at radius 3 is 2.15 bits per heavy atom. The lowest BCUT2D eigenvalue weighted by Crippen LogP contribution is -2.60. The highest BCUT2D eigenvalue weighted by molar-refractivity contribution is 7.85. The third kappa shape index (κ3) is 17.3. The van der Waals surface area contributed by atoms with Crippen molar-refractivity contribution in [3.05, 3.63) is 34.9 Å². The minimum atomic E-state index is -2.49. The van der Waals surface area contributed by atoms with Crippen LogP contribution in [0.1, 0.15) is 91.0 Å². The number of carbonyl (C=O) groups is 12. The molecule has 31 heteroatoms. The number of hydroxylamine groups is 2. The molecule has 17 N–H and O–H groups in total. The van der Waals surface area contributed by atoms with E-state index < -0.39 is 187 Å². The molecule has 0 radical (unpaired) electrons. The van der Waals surface area contributed by atoms with Gasteiger partial charge in [0.2, 0.25) is 47.3 Å². The van der Waals surface area contributed by atoms with Gasteiger partial charge in [-0.25, -0.2) is 4.79 Å². The molecule has 8 unspecified atom stereocenters. The molecule has 1 aromatic carbocycles. The predicted molar refractivity (Wildman–Crippen MR) is 286 cm³/mol. The van der Waals surface area contributed by atoms with Crippen LogP contribution >= 0.6 is 0 Å². The summed E-state index contributed by atoms with van der Waals surface area (Å²) < 4.78 is 14.9. The monoisotopic (exact) mass is 1170 g/mol. The van der Waals surface area contributed by atoms with E-state index in [9.17, 15) is 82.2 Å². The molecule has 450 valence electrons. The predicted octanol–water partition coefficient (Wildman–Crippen LogP) is -4.57. The van der Waals surface area contributed by atoms with Crippen molar-refractivity contribution >= 4 is 92.7 Å². The van der Waals surface area contributed by atoms with E-state index in [1.54, 1.807) is 13.8 Å². The minimum Gasteiger partial charge on any atom is -0.508 e. The van der Waals surface area contributed by atoms with E-state index in [0.29, 0.717) is 11.5 Å². The number of Topliss-reactive ketones (excluding diaryl/α,β-unsaturated/α-hetero) is 1. The van der Waals surface area contributed by atoms with E-state index >= 15 is 0 Å². The molecule has 3 aliphatic rings. The first-order chi connectivity index (χ1) is 38.7. The van der Waals surface area contributed by atoms with Gasteiger partial charge in [0.25, 0.3) is 11.8 Å². The molecule has 11 amide bonds. The number of hydrogen-bond acceptors (Lipinski definition) is 19. The van der Waals surface area contributed by atoms with Crippen molar-refractivity contribution in [3.8, 4) is 5.75 Å². The van der Waals surface area contributed by atoms with Crippen LogP contribution in [0, 0.1) is 11.8 Å². The molecule has 4 heterocycles. The Balaban J connectivity index is 1.64. The number of aromatic nitrogens is 1. The van der Waals surface area contributed by atoms with Crippen LogP contribution in [0.4, 0.5) is 4.79 Å². The molecule has 1 fully saturated rings. The van der Waals surface area contributed by atoms with Gasteiger partial charge in [0.1, 0.15) is 41.0 Å². The van der Waals surface area contributed by atoms with Crippen molar-refractivity contribution in [3.63, 3.8) is 0 Å². The number of imide groups is 1. The highest BCUT2D eigenvalue weighted by Gasteiger charge is 2.39. The Kier molecular flexibility index (Phi) is 23.5. The number of unbranched alkanes of at least 4 members (excludes halogenated alkanes) is 2. The summed E-state index contributed by atoms with van der Waals surface area (Å²) in [7, 11) is -2.49. The summed E-state index contributed by atoms with van der Waals surface area (Å²) in [6, 6.07) is -6.55. The molecule has 0 spiro atoms. The normalized spacial score (nSPS) is 26.5. The summed E-state index contributed by atoms with van der Waals surface area (Å²) in [5, 5.41) is 63.1. The van der Waals surface area contributed by atoms with E-state index in [2.05, 4.69) is 47.5 Å². The molecule has 2 aromatic rings. The number of hydrogen-bond donors (Lipinski definition) is 15. The number of aliphatic hydroxyl groups excluding tert-OH is 3. The number of aliphatic hydroxyl groups is 3. The number of nitrogens with two attached hydrogens (primary N) is 2. The third-order valence-corrected chi connectivity index (χ3v) is 15.8. The first kappa shape index (κ1) is 64.9. The number of aromatic hydroxyl groups is 1. The minimum absolute atomic E-state index is 0.0154. The quantitative estimate of drug-likeness (QED) is 0.0625. The SMILES string of the molecule is CCC(C)C1NC(=O)CNC(=O)C2Cc3c([nH]c4cc(O)ccc34)S(=O)C[C@H](NC(=O)CNC1=O)C(=O)NC(CC(N)=O)C(=O)/C(C)=C(\CCCCCNC(=O)ON1C(=O)CCC1=O)[C@H](O)CC(N)C(=O)NC([C@@H](C)C(O)CO)C(=O)N2. The Labute approximate surface area is 472 Å². The van der Waals surface area contributed by atoms with Gasteiger partial charge in [-0.15, -0.1) is 5.06 Å². The number of nitrogens with zero attached hydrogens (tertiary/aromatic N) is 1. The van der Waals surface area contributed by atoms with Gasteiger partial charge in [0.05, 0.1) is 66.4 Å². The Hall–Kier alpha value is -7.87. The van der Waals surface area contributed by atoms with Crippen molar-refractivity contribution in [1.82, 2.24) is 52.6 Å². The molecule has 3 aliphatic heterocycles. The van der Waals surface area contributed by atoms with Crippen LogP contribution in [0.25, 0.3) is 10.9 Å². The number of primary amides is 1. The van der Waals surface area contributed by atoms with Crippen molar-refractivity contribution in [2.24, 2.45) is 23.3 Å². The fourth-order valence-corrected chi connectivity index (χ4v) is 10.7. The molecule has 82 heavy (non-hydrogen) atoms. The summed E-state index contributed by atoms with van der Waals surface area (Å²) in [6.07, 6.45) is -6.17. The number of ketones is 1. The average molecular weight is 1170 g/mol. The largest absolute Gasteiger partial charge is 0.508 e. The maximum Gasteiger partial charge on any atom is 0.432 e. The third-order valence-electron chi connectivity index (χ3n) is 14.3. The maximum atomic E-state index is 14.9. The molecular weight excluding hydrogens is 1100 g/mol. The Bertz CT molecular complexity index is 2840. The number of phenols is 1. The second kappa shape index (κ2) is 29.7. The first-order valence-corrected chi connectivity index (χ1v) is 27.9. The molecule has 0 aliphatic carbocycles. The molecule has 2 bridgehead atoms. The zero-order chi connectivity index (χ0) is 60.7. The number of carbonyl (C=O) groups excluding carboxylic acids is 12. The standard InChI is InChI=1S/C51H72N12O18S/c1-5-23(2)42-48(77)56-19-38(69)57-34-22-82(80)50-29(28-11-10-26(65)15-31(28)60-50)16-33(46(75)55-20-39(70)61-42)59-49(78)43(25(4)36(67)21-64)62-45(74)30(52)17-35(66)27(24(3)44(73)32(18-37(53)68)58-47(34)76)9-7-6-8-14-54-51(79)81-63-40(71)12-13-41(63)72/h10-11,15,23,25,30,32-36,42-43,60,64-67H,5-9,12-14,16-22,52H2,1-4H3,(H2,53,68)(H,54,79)(H,55,75)(H,56,77)(H,57,69)(H,58,76)(H,59,78)(H,61,70)(H,62,74)/b27-24+/t23?,25-,30?,32?,33?,34-,35+,36?,42?,43?,82?/m0/s1. The van der Waals surface area contributed by atoms with Crippen molar-refractivity contribution in [1.29, 1.82) is 0 Å². The van der Waals surface area contributed by atoms with Crippen LogP contribution in [0.3, 0.4) is 0 Å². The Morgan fingerprint density at radius 2 is 1.50 bits per heavy atom. The molecule has 0 saturated carbocycles. The van der Waals surface area contributed by atoms with Crippen LogP contribution in [0.15, 0.2) is 34.4 Å². The number of benzene rings is 1. The first-order valence-electron chi connectivity index (χ1n) is 26.6. The average Bonchev–Trinajstić information content (AvgIpc) is 3.99. The number of amides is 11. The number of nitrogens with one attached hydrogen (secondary N) is 9. The molecular formula is C51H72N12O18S. The van der Waals surface area contributed by atoms with Crippen LogP contribution in [-0.4, -0.2) is 186 Å². The zero-order valence-corrected chi connectivity index (χ0v) is 46.4. The second-order valence-electron chi connectivity index (χ2n) is 20.3. The van der Waals surface area contributed by atoms with Gasteiger partial charge in [-0.05, 0) is 60.9 Å². The maximum absolute atomic E-state index is 14.9. The molecule has 30 nitrogen and oxygen atoms in total. The highest BCUT2D eigenvalue weighted by Crippen LogP contribution is 2.30. The zero-order valence-electron chi connectivity index (χ0n) is 45.6. The fourth-order valence-electron chi connectivity index (χ4n) is 9.31. The summed E-state index contributed by atoms with van der Waals surface area (Å²) in [5.41, 5.74) is 11.8. The molecule has 11 atom stereocenters. The van der Waals surface area contributed by atoms with Crippen molar-refractivity contribution < 1.29 is 87.0 Å². The van der Waals surface area contributed by atoms with Crippen LogP contribution in [0.5, 0.6) is 5.75 Å². The Morgan fingerprint density at radius 1 is 0.841 bits per heavy atom. The van der Waals surface area contributed by atoms with E-state index in [-0.39, 0.29) is 83.5 Å². The summed E-state index contributed by atoms with van der Waals surface area (Å²) in [4.78, 5) is 170. The van der Waals surface area contributed by atoms with E-state index in [0.717, 1.165) is 0 Å². The molecule has 5 rings (SSSR count). The topological polar surface area (TPSA) is 479 Å². The van der Waals surface area contributed by atoms with Crippen molar-refractivity contribution in [2.75, 3.05) is 32.0 Å². The number of fused-ring (bicyclic) bond motifs is 4. The van der Waals surface area contributed by atoms with E-state index in [1.165, 1.54) is 32.0 Å². The molecule has 1 aromatic heterocycles. The number of rotatable bonds is 14. The van der Waals surface area contributed by atoms with Crippen LogP contribution in [0.2, 0.25) is 0 Å². The molecule has 1 saturated heterocycles.